The number of hydrogen-bond acceptors (Lipinski definition) is 6. The van der Waals surface area contributed by atoms with E-state index in [1.165, 1.54) is 37.0 Å². The highest BCUT2D eigenvalue weighted by molar-refractivity contribution is 7.38. The van der Waals surface area contributed by atoms with Gasteiger partial charge in [0.1, 0.15) is 0 Å². The molecular formula is C18H45O6P3. The summed E-state index contributed by atoms with van der Waals surface area (Å²) < 4.78 is 0. The molecular weight excluding hydrogens is 405 g/mol. The van der Waals surface area contributed by atoms with Crippen LogP contribution in [0.2, 0.25) is 0 Å². The number of carboxylic acids is 3. The van der Waals surface area contributed by atoms with Gasteiger partial charge in [0.2, 0.25) is 0 Å². The quantitative estimate of drug-likeness (QED) is 0.546. The zero-order valence-corrected chi connectivity index (χ0v) is 22.4. The first-order valence-corrected chi connectivity index (χ1v) is 14.3. The number of hydrogen-bond donors (Lipinski definition) is 0. The first-order valence-electron chi connectivity index (χ1n) is 9.42. The van der Waals surface area contributed by atoms with Crippen LogP contribution in [0.3, 0.4) is 0 Å². The smallest absolute Gasteiger partial charge is 0.0521 e. The summed E-state index contributed by atoms with van der Waals surface area (Å²) in [5.74, 6) is -3.25. The summed E-state index contributed by atoms with van der Waals surface area (Å²) >= 11 is 0. The Morgan fingerprint density at radius 2 is 0.556 bits per heavy atom. The Labute approximate surface area is 173 Å². The Kier molecular flexibility index (Phi) is 76.3. The Morgan fingerprint density at radius 3 is 0.556 bits per heavy atom. The van der Waals surface area contributed by atoms with Crippen LogP contribution < -0.4 is 15.3 Å². The Morgan fingerprint density at radius 1 is 0.481 bits per heavy atom. The summed E-state index contributed by atoms with van der Waals surface area (Å²) in [6.07, 6.45) is 8.56. The SMILES string of the molecule is CC(=O)[O-].CC(=O)[O-].CC(=O)[O-].CC[PH2+]CC.CC[PH2+]CC.CC[PH2+]CC. The van der Waals surface area contributed by atoms with Gasteiger partial charge in [-0.1, -0.05) is 0 Å². The minimum Gasteiger partial charge on any atom is -0.550 e. The molecule has 0 amide bonds. The van der Waals surface area contributed by atoms with E-state index in [1.54, 1.807) is 0 Å². The van der Waals surface area contributed by atoms with E-state index in [2.05, 4.69) is 41.5 Å². The van der Waals surface area contributed by atoms with Crippen LogP contribution in [0.25, 0.3) is 0 Å². The van der Waals surface area contributed by atoms with E-state index in [1.807, 2.05) is 0 Å². The summed E-state index contributed by atoms with van der Waals surface area (Å²) in [7, 11) is 2.44. The van der Waals surface area contributed by atoms with Crippen LogP contribution in [0.5, 0.6) is 0 Å². The molecule has 0 bridgehead atoms. The van der Waals surface area contributed by atoms with E-state index >= 15 is 0 Å². The van der Waals surface area contributed by atoms with Crippen molar-refractivity contribution in [3.8, 4) is 0 Å². The highest BCUT2D eigenvalue weighted by atomic mass is 31.1. The number of carboxylic acid groups (broad SMARTS) is 3. The second-order valence-electron chi connectivity index (χ2n) is 4.79. The molecule has 0 rings (SSSR count). The summed E-state index contributed by atoms with van der Waals surface area (Å²) in [5, 5.41) is 26.7. The maximum Gasteiger partial charge on any atom is 0.0521 e. The van der Waals surface area contributed by atoms with Crippen molar-refractivity contribution >= 4 is 43.7 Å². The Bertz CT molecular complexity index is 217. The third-order valence-corrected chi connectivity index (χ3v) is 5.20. The van der Waals surface area contributed by atoms with Crippen molar-refractivity contribution in [2.75, 3.05) is 37.0 Å². The molecule has 0 aromatic rings. The van der Waals surface area contributed by atoms with Gasteiger partial charge in [0.15, 0.2) is 0 Å². The zero-order valence-electron chi connectivity index (χ0n) is 18.9. The first kappa shape index (κ1) is 41.2. The van der Waals surface area contributed by atoms with Crippen molar-refractivity contribution < 1.29 is 29.7 Å². The molecule has 0 aromatic heterocycles. The molecule has 0 saturated heterocycles. The third-order valence-electron chi connectivity index (χ3n) is 1.73. The van der Waals surface area contributed by atoms with Crippen molar-refractivity contribution in [1.29, 1.82) is 0 Å². The second kappa shape index (κ2) is 50.0. The van der Waals surface area contributed by atoms with Crippen LogP contribution in [-0.2, 0) is 14.4 Å². The lowest BCUT2D eigenvalue weighted by atomic mass is 10.9. The minimum absolute atomic E-state index is 0.815. The van der Waals surface area contributed by atoms with Gasteiger partial charge in [0, 0.05) is 17.9 Å². The number of carbonyl (C=O) groups excluding carboxylic acids is 3. The average Bonchev–Trinajstić information content (AvgIpc) is 2.49. The minimum atomic E-state index is -1.08. The highest BCUT2D eigenvalue weighted by Gasteiger charge is 1.76. The average molecular weight is 450 g/mol. The highest BCUT2D eigenvalue weighted by Crippen LogP contribution is 2.04. The van der Waals surface area contributed by atoms with Gasteiger partial charge in [0.05, 0.1) is 37.0 Å². The van der Waals surface area contributed by atoms with E-state index in [-0.39, 0.29) is 0 Å². The molecule has 0 aliphatic heterocycles. The Balaban J connectivity index is -0.0000000492. The fraction of sp³-hybridized carbons (Fsp3) is 0.833. The van der Waals surface area contributed by atoms with Crippen LogP contribution in [-0.4, -0.2) is 54.9 Å². The van der Waals surface area contributed by atoms with Gasteiger partial charge in [-0.3, -0.25) is 0 Å². The van der Waals surface area contributed by atoms with Gasteiger partial charge < -0.3 is 29.7 Å². The molecule has 6 nitrogen and oxygen atoms in total. The van der Waals surface area contributed by atoms with Crippen molar-refractivity contribution in [3.63, 3.8) is 0 Å². The molecule has 0 unspecified atom stereocenters. The molecule has 0 saturated carbocycles. The van der Waals surface area contributed by atoms with E-state index < -0.39 is 17.9 Å². The molecule has 0 atom stereocenters. The van der Waals surface area contributed by atoms with E-state index in [4.69, 9.17) is 29.7 Å². The predicted molar refractivity (Wildman–Crippen MR) is 124 cm³/mol. The van der Waals surface area contributed by atoms with E-state index in [9.17, 15) is 0 Å². The molecule has 27 heavy (non-hydrogen) atoms. The van der Waals surface area contributed by atoms with E-state index in [0.717, 1.165) is 46.5 Å². The molecule has 0 fully saturated rings. The molecule has 0 heterocycles. The van der Waals surface area contributed by atoms with E-state index in [0.29, 0.717) is 0 Å². The van der Waals surface area contributed by atoms with Gasteiger partial charge in [-0.2, -0.15) is 0 Å². The molecule has 9 heteroatoms. The maximum atomic E-state index is 8.89. The molecule has 168 valence electrons. The number of aliphatic carboxylic acids is 3. The summed E-state index contributed by atoms with van der Waals surface area (Å²) in [6, 6.07) is 0. The van der Waals surface area contributed by atoms with Crippen LogP contribution in [0.1, 0.15) is 62.3 Å². The largest absolute Gasteiger partial charge is 0.550 e. The van der Waals surface area contributed by atoms with Crippen LogP contribution in [0, 0.1) is 0 Å². The molecule has 0 aromatic carbocycles. The first-order chi connectivity index (χ1) is 12.4. The standard InChI is InChI=1S/3C4H11P.3C2H4O2/c3*1-3-5-4-2;3*1-2(3)4/h3*5H,3-4H2,1-2H3;3*1H3,(H,3,4). The summed E-state index contributed by atoms with van der Waals surface area (Å²) in [5.41, 5.74) is 0. The maximum absolute atomic E-state index is 8.89. The molecule has 0 spiro atoms. The lowest BCUT2D eigenvalue weighted by molar-refractivity contribution is -0.303. The number of carbonyl (C=O) groups is 3. The fourth-order valence-electron chi connectivity index (χ4n) is 0.866. The molecule has 0 aliphatic carbocycles. The molecule has 0 N–H and O–H groups in total. The molecule has 0 aliphatic rings. The Hall–Kier alpha value is -0.300. The monoisotopic (exact) mass is 450 g/mol. The second-order valence-corrected chi connectivity index (χ2v) is 11.4. The van der Waals surface area contributed by atoms with Crippen LogP contribution in [0.15, 0.2) is 0 Å². The van der Waals surface area contributed by atoms with Gasteiger partial charge in [-0.05, 0) is 88.1 Å². The van der Waals surface area contributed by atoms with Crippen molar-refractivity contribution in [1.82, 2.24) is 0 Å². The molecule has 0 radical (unpaired) electrons. The third kappa shape index (κ3) is 444. The summed E-state index contributed by atoms with van der Waals surface area (Å²) in [6.45, 7) is 16.4. The lowest BCUT2D eigenvalue weighted by Crippen LogP contribution is -2.16. The number of rotatable bonds is 6. The fourth-order valence-corrected chi connectivity index (χ4v) is 2.60. The van der Waals surface area contributed by atoms with Gasteiger partial charge in [-0.15, -0.1) is 0 Å². The van der Waals surface area contributed by atoms with Gasteiger partial charge >= 0.3 is 0 Å². The lowest BCUT2D eigenvalue weighted by Gasteiger charge is -1.77. The van der Waals surface area contributed by atoms with Crippen molar-refractivity contribution in [3.05, 3.63) is 0 Å². The zero-order chi connectivity index (χ0) is 23.1. The summed E-state index contributed by atoms with van der Waals surface area (Å²) in [4.78, 5) is 26.7. The normalized spacial score (nSPS) is 7.44. The van der Waals surface area contributed by atoms with Crippen LogP contribution >= 0.6 is 25.7 Å². The topological polar surface area (TPSA) is 120 Å². The van der Waals surface area contributed by atoms with Crippen molar-refractivity contribution in [2.45, 2.75) is 62.3 Å². The van der Waals surface area contributed by atoms with Gasteiger partial charge in [-0.25, -0.2) is 0 Å². The van der Waals surface area contributed by atoms with Gasteiger partial charge in [0.25, 0.3) is 0 Å². The van der Waals surface area contributed by atoms with Crippen molar-refractivity contribution in [2.24, 2.45) is 0 Å². The predicted octanol–water partition coefficient (Wildman–Crippen LogP) is 0.580. The van der Waals surface area contributed by atoms with Crippen LogP contribution in [0.4, 0.5) is 0 Å².